The summed E-state index contributed by atoms with van der Waals surface area (Å²) in [7, 11) is 0. The molecule has 124 valence electrons. The molecule has 1 aliphatic rings. The fourth-order valence-corrected chi connectivity index (χ4v) is 3.02. The number of hydrogen-bond acceptors (Lipinski definition) is 2. The number of hydrogen-bond donors (Lipinski definition) is 1. The summed E-state index contributed by atoms with van der Waals surface area (Å²) in [4.78, 5) is 17.0. The molecule has 3 heterocycles. The number of nitrogens with zero attached hydrogens (tertiary/aromatic N) is 3. The lowest BCUT2D eigenvalue weighted by Crippen LogP contribution is -2.44. The van der Waals surface area contributed by atoms with E-state index in [9.17, 15) is 23.1 Å². The van der Waals surface area contributed by atoms with Gasteiger partial charge in [-0.25, -0.2) is 9.78 Å². The second-order valence-electron chi connectivity index (χ2n) is 5.74. The first-order valence-corrected chi connectivity index (χ1v) is 7.39. The Labute approximate surface area is 130 Å². The molecule has 0 aromatic carbocycles. The van der Waals surface area contributed by atoms with Gasteiger partial charge in [-0.2, -0.15) is 13.2 Å². The molecule has 0 saturated carbocycles. The first kappa shape index (κ1) is 15.6. The molecule has 8 heteroatoms. The Morgan fingerprint density at radius 2 is 2.09 bits per heavy atom. The molecule has 23 heavy (non-hydrogen) atoms. The molecule has 1 aliphatic heterocycles. The summed E-state index contributed by atoms with van der Waals surface area (Å²) in [5, 5.41) is 9.23. The van der Waals surface area contributed by atoms with Crippen molar-refractivity contribution in [3.63, 3.8) is 0 Å². The van der Waals surface area contributed by atoms with E-state index >= 15 is 0 Å². The Balaban J connectivity index is 1.84. The van der Waals surface area contributed by atoms with E-state index in [2.05, 4.69) is 4.98 Å². The summed E-state index contributed by atoms with van der Waals surface area (Å²) in [6, 6.07) is 2.14. The molecular formula is C15H16F3N3O2. The van der Waals surface area contributed by atoms with Crippen LogP contribution >= 0.6 is 0 Å². The molecule has 1 saturated heterocycles. The quantitative estimate of drug-likeness (QED) is 0.919. The predicted octanol–water partition coefficient (Wildman–Crippen LogP) is 3.43. The molecule has 1 atom stereocenters. The summed E-state index contributed by atoms with van der Waals surface area (Å²) < 4.78 is 39.5. The van der Waals surface area contributed by atoms with E-state index < -0.39 is 17.8 Å². The van der Waals surface area contributed by atoms with E-state index in [-0.39, 0.29) is 6.04 Å². The van der Waals surface area contributed by atoms with Crippen LogP contribution in [0.25, 0.3) is 5.65 Å². The number of imidazole rings is 1. The molecule has 0 radical (unpaired) electrons. The summed E-state index contributed by atoms with van der Waals surface area (Å²) in [6.45, 7) is 0.492. The third-order valence-electron chi connectivity index (χ3n) is 4.15. The van der Waals surface area contributed by atoms with Crippen molar-refractivity contribution in [2.45, 2.75) is 37.9 Å². The van der Waals surface area contributed by atoms with Gasteiger partial charge in [-0.15, -0.1) is 0 Å². The predicted molar refractivity (Wildman–Crippen MR) is 76.3 cm³/mol. The Kier molecular flexibility index (Phi) is 3.91. The topological polar surface area (TPSA) is 57.8 Å². The molecule has 0 spiro atoms. The van der Waals surface area contributed by atoms with E-state index in [1.807, 2.05) is 0 Å². The minimum absolute atomic E-state index is 0.173. The lowest BCUT2D eigenvalue weighted by atomic mass is 9.99. The maximum Gasteiger partial charge on any atom is 0.417 e. The average molecular weight is 327 g/mol. The molecule has 0 bridgehead atoms. The van der Waals surface area contributed by atoms with Crippen molar-refractivity contribution >= 4 is 11.7 Å². The highest BCUT2D eigenvalue weighted by molar-refractivity contribution is 5.65. The number of piperidine rings is 1. The van der Waals surface area contributed by atoms with Crippen LogP contribution in [0.2, 0.25) is 0 Å². The van der Waals surface area contributed by atoms with Crippen LogP contribution in [0.5, 0.6) is 0 Å². The molecule has 2 aromatic rings. The molecule has 1 N–H and O–H groups in total. The van der Waals surface area contributed by atoms with E-state index in [1.165, 1.54) is 15.4 Å². The monoisotopic (exact) mass is 327 g/mol. The smallest absolute Gasteiger partial charge is 0.417 e. The molecule has 1 amide bonds. The maximum atomic E-state index is 12.7. The number of carbonyl (C=O) groups is 1. The zero-order valence-electron chi connectivity index (χ0n) is 12.3. The van der Waals surface area contributed by atoms with Crippen LogP contribution < -0.4 is 0 Å². The highest BCUT2D eigenvalue weighted by Crippen LogP contribution is 2.29. The Morgan fingerprint density at radius 3 is 2.78 bits per heavy atom. The fraction of sp³-hybridized carbons (Fsp3) is 0.467. The minimum atomic E-state index is -4.40. The number of fused-ring (bicyclic) bond motifs is 1. The Bertz CT molecular complexity index is 726. The lowest BCUT2D eigenvalue weighted by molar-refractivity contribution is -0.137. The number of aromatic nitrogens is 2. The first-order valence-electron chi connectivity index (χ1n) is 7.39. The normalized spacial score (nSPS) is 19.3. The van der Waals surface area contributed by atoms with Crippen molar-refractivity contribution in [3.05, 3.63) is 35.8 Å². The summed E-state index contributed by atoms with van der Waals surface area (Å²) in [5.41, 5.74) is 0.284. The third-order valence-corrected chi connectivity index (χ3v) is 4.15. The standard InChI is InChI=1S/C15H16F3N3O2/c16-15(17,18)10-4-5-13-19-11(9-20(13)8-10)7-12-3-1-2-6-21(12)14(22)23/h4-5,8-9,12H,1-3,6-7H2,(H,22,23)/t12-/m0/s1. The van der Waals surface area contributed by atoms with Crippen LogP contribution in [0.3, 0.4) is 0 Å². The van der Waals surface area contributed by atoms with Crippen molar-refractivity contribution in [1.82, 2.24) is 14.3 Å². The number of rotatable bonds is 2. The summed E-state index contributed by atoms with van der Waals surface area (Å²) >= 11 is 0. The minimum Gasteiger partial charge on any atom is -0.465 e. The maximum absolute atomic E-state index is 12.7. The zero-order valence-corrected chi connectivity index (χ0v) is 12.3. The molecular weight excluding hydrogens is 311 g/mol. The third kappa shape index (κ3) is 3.25. The van der Waals surface area contributed by atoms with Gasteiger partial charge in [0.05, 0.1) is 11.3 Å². The van der Waals surface area contributed by atoms with Gasteiger partial charge in [0, 0.05) is 31.4 Å². The average Bonchev–Trinajstić information content (AvgIpc) is 2.87. The van der Waals surface area contributed by atoms with E-state index in [0.29, 0.717) is 24.3 Å². The van der Waals surface area contributed by atoms with Gasteiger partial charge in [0.1, 0.15) is 5.65 Å². The van der Waals surface area contributed by atoms with Gasteiger partial charge in [0.25, 0.3) is 0 Å². The molecule has 0 unspecified atom stereocenters. The van der Waals surface area contributed by atoms with Crippen LogP contribution in [-0.2, 0) is 12.6 Å². The number of carboxylic acid groups (broad SMARTS) is 1. The highest BCUT2D eigenvalue weighted by atomic mass is 19.4. The zero-order chi connectivity index (χ0) is 16.6. The number of amides is 1. The SMILES string of the molecule is O=C(O)N1CCCC[C@H]1Cc1cn2cc(C(F)(F)F)ccc2n1. The van der Waals surface area contributed by atoms with Gasteiger partial charge in [0.2, 0.25) is 0 Å². The van der Waals surface area contributed by atoms with E-state index in [1.54, 1.807) is 6.20 Å². The van der Waals surface area contributed by atoms with Crippen LogP contribution in [0, 0.1) is 0 Å². The van der Waals surface area contributed by atoms with Crippen LogP contribution in [-0.4, -0.2) is 38.1 Å². The van der Waals surface area contributed by atoms with Gasteiger partial charge in [0.15, 0.2) is 0 Å². The summed E-state index contributed by atoms with van der Waals surface area (Å²) in [5.74, 6) is 0. The second-order valence-corrected chi connectivity index (χ2v) is 5.74. The molecule has 5 nitrogen and oxygen atoms in total. The summed E-state index contributed by atoms with van der Waals surface area (Å²) in [6.07, 6.45) is 0.118. The number of likely N-dealkylation sites (tertiary alicyclic amines) is 1. The van der Waals surface area contributed by atoms with Crippen molar-refractivity contribution in [3.8, 4) is 0 Å². The number of halogens is 3. The largest absolute Gasteiger partial charge is 0.465 e. The van der Waals surface area contributed by atoms with Crippen molar-refractivity contribution in [2.75, 3.05) is 6.54 Å². The Morgan fingerprint density at radius 1 is 1.30 bits per heavy atom. The second kappa shape index (κ2) is 5.75. The van der Waals surface area contributed by atoms with Crippen LogP contribution in [0.15, 0.2) is 24.5 Å². The van der Waals surface area contributed by atoms with Gasteiger partial charge in [-0.3, -0.25) is 0 Å². The molecule has 1 fully saturated rings. The van der Waals surface area contributed by atoms with Gasteiger partial charge in [-0.1, -0.05) is 0 Å². The van der Waals surface area contributed by atoms with Crippen molar-refractivity contribution in [2.24, 2.45) is 0 Å². The highest BCUT2D eigenvalue weighted by Gasteiger charge is 2.31. The van der Waals surface area contributed by atoms with E-state index in [0.717, 1.165) is 31.5 Å². The van der Waals surface area contributed by atoms with E-state index in [4.69, 9.17) is 0 Å². The van der Waals surface area contributed by atoms with Crippen LogP contribution in [0.1, 0.15) is 30.5 Å². The molecule has 0 aliphatic carbocycles. The first-order chi connectivity index (χ1) is 10.8. The number of alkyl halides is 3. The molecule has 2 aromatic heterocycles. The number of pyridine rings is 1. The van der Waals surface area contributed by atoms with Gasteiger partial charge in [-0.05, 0) is 31.4 Å². The lowest BCUT2D eigenvalue weighted by Gasteiger charge is -2.33. The van der Waals surface area contributed by atoms with Crippen LogP contribution in [0.4, 0.5) is 18.0 Å². The molecule has 3 rings (SSSR count). The van der Waals surface area contributed by atoms with Crippen molar-refractivity contribution in [1.29, 1.82) is 0 Å². The fourth-order valence-electron chi connectivity index (χ4n) is 3.02. The van der Waals surface area contributed by atoms with Gasteiger partial charge < -0.3 is 14.4 Å². The van der Waals surface area contributed by atoms with Crippen molar-refractivity contribution < 1.29 is 23.1 Å². The Hall–Kier alpha value is -2.25. The van der Waals surface area contributed by atoms with Gasteiger partial charge >= 0.3 is 12.3 Å².